The highest BCUT2D eigenvalue weighted by Crippen LogP contribution is 2.25. The molecular formula is C18H14IN3O5. The number of likely N-dealkylation sites (N-methyl/N-ethyl adjacent to an activating group) is 1. The maximum atomic E-state index is 11.9. The van der Waals surface area contributed by atoms with Crippen molar-refractivity contribution in [3.8, 4) is 5.75 Å². The monoisotopic (exact) mass is 479 g/mol. The van der Waals surface area contributed by atoms with E-state index >= 15 is 0 Å². The maximum Gasteiger partial charge on any atom is 0.328 e. The molecule has 0 bridgehead atoms. The largest absolute Gasteiger partial charge is 0.488 e. The van der Waals surface area contributed by atoms with Crippen LogP contribution in [0.15, 0.2) is 48.2 Å². The van der Waals surface area contributed by atoms with E-state index in [-0.39, 0.29) is 23.9 Å². The summed E-state index contributed by atoms with van der Waals surface area (Å²) in [6.45, 7) is 0.192. The molecule has 1 heterocycles. The number of non-ortho nitro benzene ring substituents is 1. The van der Waals surface area contributed by atoms with Crippen LogP contribution in [-0.4, -0.2) is 28.8 Å². The molecule has 0 saturated carbocycles. The topological polar surface area (TPSA) is 102 Å². The second-order valence-corrected chi connectivity index (χ2v) is 6.92. The highest BCUT2D eigenvalue weighted by molar-refractivity contribution is 14.1. The molecule has 0 unspecified atom stereocenters. The van der Waals surface area contributed by atoms with Gasteiger partial charge >= 0.3 is 6.03 Å². The number of carbonyl (C=O) groups is 2. The molecule has 1 aliphatic heterocycles. The highest BCUT2D eigenvalue weighted by atomic mass is 127. The van der Waals surface area contributed by atoms with E-state index in [1.54, 1.807) is 30.3 Å². The molecule has 8 nitrogen and oxygen atoms in total. The molecule has 27 heavy (non-hydrogen) atoms. The number of nitrogens with one attached hydrogen (secondary N) is 1. The van der Waals surface area contributed by atoms with Gasteiger partial charge in [0.15, 0.2) is 0 Å². The first-order valence-corrected chi connectivity index (χ1v) is 8.89. The SMILES string of the molecule is CN1C(=O)N/C(=C/c2ccc(OCc3cccc([N+](=O)[O-])c3)c(I)c2)C1=O. The number of rotatable bonds is 5. The van der Waals surface area contributed by atoms with E-state index in [1.807, 2.05) is 6.07 Å². The number of nitrogens with zero attached hydrogens (tertiary/aromatic N) is 2. The van der Waals surface area contributed by atoms with Crippen LogP contribution in [0.4, 0.5) is 10.5 Å². The zero-order valence-corrected chi connectivity index (χ0v) is 16.3. The fourth-order valence-corrected chi connectivity index (χ4v) is 3.13. The van der Waals surface area contributed by atoms with Crippen LogP contribution in [0.5, 0.6) is 5.75 Å². The van der Waals surface area contributed by atoms with E-state index in [4.69, 9.17) is 4.74 Å². The van der Waals surface area contributed by atoms with Crippen LogP contribution in [0.3, 0.4) is 0 Å². The number of amides is 3. The van der Waals surface area contributed by atoms with Gasteiger partial charge in [0.2, 0.25) is 0 Å². The molecule has 3 rings (SSSR count). The van der Waals surface area contributed by atoms with Gasteiger partial charge in [0.05, 0.1) is 8.49 Å². The molecule has 2 aromatic carbocycles. The van der Waals surface area contributed by atoms with Crippen molar-refractivity contribution in [2.45, 2.75) is 6.61 Å². The molecule has 0 atom stereocenters. The van der Waals surface area contributed by atoms with Crippen LogP contribution in [-0.2, 0) is 11.4 Å². The van der Waals surface area contributed by atoms with Crippen LogP contribution in [0.1, 0.15) is 11.1 Å². The Morgan fingerprint density at radius 1 is 1.26 bits per heavy atom. The summed E-state index contributed by atoms with van der Waals surface area (Å²) in [5, 5.41) is 13.3. The van der Waals surface area contributed by atoms with Gasteiger partial charge in [-0.3, -0.25) is 19.8 Å². The third kappa shape index (κ3) is 4.25. The average molecular weight is 479 g/mol. The first-order chi connectivity index (χ1) is 12.8. The van der Waals surface area contributed by atoms with E-state index in [9.17, 15) is 19.7 Å². The Labute approximate surface area is 168 Å². The summed E-state index contributed by atoms with van der Waals surface area (Å²) in [5.74, 6) is 0.226. The van der Waals surface area contributed by atoms with Crippen molar-refractivity contribution >= 4 is 46.3 Å². The molecule has 0 spiro atoms. The van der Waals surface area contributed by atoms with Crippen LogP contribution < -0.4 is 10.1 Å². The van der Waals surface area contributed by atoms with E-state index in [1.165, 1.54) is 19.2 Å². The third-order valence-corrected chi connectivity index (χ3v) is 4.71. The van der Waals surface area contributed by atoms with Crippen molar-refractivity contribution in [2.24, 2.45) is 0 Å². The molecule has 0 aromatic heterocycles. The number of nitro benzene ring substituents is 1. The minimum Gasteiger partial charge on any atom is -0.488 e. The molecule has 0 radical (unpaired) electrons. The lowest BCUT2D eigenvalue weighted by molar-refractivity contribution is -0.384. The third-order valence-electron chi connectivity index (χ3n) is 3.86. The van der Waals surface area contributed by atoms with Crippen molar-refractivity contribution in [1.82, 2.24) is 10.2 Å². The molecule has 1 saturated heterocycles. The quantitative estimate of drug-likeness (QED) is 0.233. The Kier molecular flexibility index (Phi) is 5.40. The fraction of sp³-hybridized carbons (Fsp3) is 0.111. The zero-order valence-electron chi connectivity index (χ0n) is 14.1. The first kappa shape index (κ1) is 18.8. The second-order valence-electron chi connectivity index (χ2n) is 5.76. The zero-order chi connectivity index (χ0) is 19.6. The minimum absolute atomic E-state index is 0.0148. The normalized spacial score (nSPS) is 15.2. The number of imide groups is 1. The minimum atomic E-state index is -0.460. The van der Waals surface area contributed by atoms with Gasteiger partial charge in [0.1, 0.15) is 18.1 Å². The Balaban J connectivity index is 1.72. The number of hydrogen-bond acceptors (Lipinski definition) is 5. The number of ether oxygens (including phenoxy) is 1. The molecule has 1 aliphatic rings. The van der Waals surface area contributed by atoms with Gasteiger partial charge in [-0.05, 0) is 51.9 Å². The summed E-state index contributed by atoms with van der Waals surface area (Å²) in [7, 11) is 1.41. The molecule has 138 valence electrons. The van der Waals surface area contributed by atoms with Crippen LogP contribution in [0, 0.1) is 13.7 Å². The van der Waals surface area contributed by atoms with Crippen LogP contribution in [0.25, 0.3) is 6.08 Å². The van der Waals surface area contributed by atoms with E-state index in [0.29, 0.717) is 11.3 Å². The summed E-state index contributed by atoms with van der Waals surface area (Å²) < 4.78 is 6.55. The van der Waals surface area contributed by atoms with E-state index < -0.39 is 11.0 Å². The van der Waals surface area contributed by atoms with Gasteiger partial charge in [-0.25, -0.2) is 4.79 Å². The lowest BCUT2D eigenvalue weighted by Gasteiger charge is -2.09. The number of carbonyl (C=O) groups excluding carboxylic acids is 2. The summed E-state index contributed by atoms with van der Waals surface area (Å²) in [5.41, 5.74) is 1.65. The van der Waals surface area contributed by atoms with Crippen molar-refractivity contribution < 1.29 is 19.2 Å². The van der Waals surface area contributed by atoms with Gasteiger partial charge < -0.3 is 10.1 Å². The van der Waals surface area contributed by atoms with Crippen molar-refractivity contribution in [3.63, 3.8) is 0 Å². The first-order valence-electron chi connectivity index (χ1n) is 7.81. The number of urea groups is 1. The number of benzene rings is 2. The summed E-state index contributed by atoms with van der Waals surface area (Å²) in [6.07, 6.45) is 1.59. The van der Waals surface area contributed by atoms with Gasteiger partial charge in [-0.15, -0.1) is 0 Å². The second kappa shape index (κ2) is 7.74. The Hall–Kier alpha value is -2.95. The fourth-order valence-electron chi connectivity index (χ4n) is 2.43. The predicted octanol–water partition coefficient (Wildman–Crippen LogP) is 3.30. The average Bonchev–Trinajstić information content (AvgIpc) is 2.88. The number of hydrogen-bond donors (Lipinski definition) is 1. The maximum absolute atomic E-state index is 11.9. The predicted molar refractivity (Wildman–Crippen MR) is 106 cm³/mol. The van der Waals surface area contributed by atoms with E-state index in [0.717, 1.165) is 14.0 Å². The molecule has 1 fully saturated rings. The molecule has 9 heteroatoms. The molecule has 0 aliphatic carbocycles. The standard InChI is InChI=1S/C18H14IN3O5/c1-21-17(23)15(20-18(21)24)9-11-5-6-16(14(19)8-11)27-10-12-3-2-4-13(7-12)22(25)26/h2-9H,10H2,1H3,(H,20,24)/b15-9+. The molecule has 3 amide bonds. The van der Waals surface area contributed by atoms with Crippen molar-refractivity contribution in [3.05, 3.63) is 73.0 Å². The Bertz CT molecular complexity index is 973. The molecular weight excluding hydrogens is 465 g/mol. The summed E-state index contributed by atoms with van der Waals surface area (Å²) >= 11 is 2.10. The van der Waals surface area contributed by atoms with E-state index in [2.05, 4.69) is 27.9 Å². The lowest BCUT2D eigenvalue weighted by atomic mass is 10.2. The lowest BCUT2D eigenvalue weighted by Crippen LogP contribution is -2.25. The summed E-state index contributed by atoms with van der Waals surface area (Å²) in [6, 6.07) is 11.1. The Morgan fingerprint density at radius 2 is 2.04 bits per heavy atom. The van der Waals surface area contributed by atoms with Crippen molar-refractivity contribution in [1.29, 1.82) is 0 Å². The van der Waals surface area contributed by atoms with Crippen LogP contribution in [0.2, 0.25) is 0 Å². The smallest absolute Gasteiger partial charge is 0.328 e. The molecule has 2 aromatic rings. The summed E-state index contributed by atoms with van der Waals surface area (Å²) in [4.78, 5) is 34.8. The van der Waals surface area contributed by atoms with Crippen molar-refractivity contribution in [2.75, 3.05) is 7.05 Å². The van der Waals surface area contributed by atoms with Gasteiger partial charge in [-0.1, -0.05) is 18.2 Å². The van der Waals surface area contributed by atoms with Gasteiger partial charge in [0.25, 0.3) is 11.6 Å². The molecule has 1 N–H and O–H groups in total. The highest BCUT2D eigenvalue weighted by Gasteiger charge is 2.29. The van der Waals surface area contributed by atoms with Gasteiger partial charge in [-0.2, -0.15) is 0 Å². The van der Waals surface area contributed by atoms with Crippen LogP contribution >= 0.6 is 22.6 Å². The Morgan fingerprint density at radius 3 is 2.67 bits per heavy atom. The number of halogens is 1. The number of nitro groups is 1. The van der Waals surface area contributed by atoms with Gasteiger partial charge in [0, 0.05) is 19.2 Å².